The van der Waals surface area contributed by atoms with Gasteiger partial charge in [0.2, 0.25) is 0 Å². The van der Waals surface area contributed by atoms with Crippen LogP contribution in [0.4, 0.5) is 18.9 Å². The minimum atomic E-state index is -4.45. The average Bonchev–Trinajstić information content (AvgIpc) is 2.71. The molecule has 0 unspecified atom stereocenters. The van der Waals surface area contributed by atoms with Crippen LogP contribution in [0, 0.1) is 0 Å². The van der Waals surface area contributed by atoms with Crippen LogP contribution >= 0.6 is 0 Å². The van der Waals surface area contributed by atoms with Crippen molar-refractivity contribution in [3.8, 4) is 5.75 Å². The molecule has 0 bridgehead atoms. The number of amides is 1. The van der Waals surface area contributed by atoms with E-state index >= 15 is 0 Å². The van der Waals surface area contributed by atoms with Crippen molar-refractivity contribution in [1.82, 2.24) is 10.2 Å². The van der Waals surface area contributed by atoms with Gasteiger partial charge < -0.3 is 19.9 Å². The van der Waals surface area contributed by atoms with E-state index in [0.29, 0.717) is 6.54 Å². The lowest BCUT2D eigenvalue weighted by Crippen LogP contribution is -2.44. The van der Waals surface area contributed by atoms with E-state index in [1.165, 1.54) is 12.1 Å². The summed E-state index contributed by atoms with van der Waals surface area (Å²) in [5, 5.41) is 2.71. The Morgan fingerprint density at radius 2 is 1.76 bits per heavy atom. The molecule has 3 rings (SSSR count). The Bertz CT molecular complexity index is 817. The zero-order valence-corrected chi connectivity index (χ0v) is 16.2. The Kier molecular flexibility index (Phi) is 6.64. The Morgan fingerprint density at radius 3 is 2.41 bits per heavy atom. The highest BCUT2D eigenvalue weighted by atomic mass is 19.4. The van der Waals surface area contributed by atoms with Gasteiger partial charge in [0.25, 0.3) is 5.91 Å². The monoisotopic (exact) mass is 407 g/mol. The first-order valence-electron chi connectivity index (χ1n) is 9.40. The summed E-state index contributed by atoms with van der Waals surface area (Å²) < 4.78 is 43.3. The van der Waals surface area contributed by atoms with Crippen LogP contribution in [0.15, 0.2) is 48.5 Å². The molecular formula is C21H24F3N3O2. The predicted molar refractivity (Wildman–Crippen MR) is 105 cm³/mol. The number of ether oxygens (including phenoxy) is 1. The summed E-state index contributed by atoms with van der Waals surface area (Å²) >= 11 is 0. The number of nitrogens with one attached hydrogen (secondary N) is 1. The van der Waals surface area contributed by atoms with Crippen LogP contribution in [0.25, 0.3) is 0 Å². The minimum absolute atomic E-state index is 0.00602. The number of carbonyl (C=O) groups excluding carboxylic acids is 1. The number of piperazine rings is 1. The summed E-state index contributed by atoms with van der Waals surface area (Å²) in [7, 11) is 2.11. The molecule has 0 aliphatic carbocycles. The molecule has 5 nitrogen and oxygen atoms in total. The SMILES string of the molecule is CN1CCN(c2ccc(CNC(=O)COc3cccc(C(F)(F)F)c3)cc2)CC1. The molecule has 1 fully saturated rings. The Morgan fingerprint density at radius 1 is 1.07 bits per heavy atom. The molecule has 0 saturated carbocycles. The van der Waals surface area contributed by atoms with Crippen molar-refractivity contribution in [1.29, 1.82) is 0 Å². The highest BCUT2D eigenvalue weighted by molar-refractivity contribution is 5.77. The van der Waals surface area contributed by atoms with Gasteiger partial charge in [0.15, 0.2) is 6.61 Å². The maximum Gasteiger partial charge on any atom is 0.416 e. The zero-order chi connectivity index (χ0) is 20.9. The Balaban J connectivity index is 1.45. The molecule has 0 spiro atoms. The van der Waals surface area contributed by atoms with Crippen LogP contribution in [0.5, 0.6) is 5.75 Å². The van der Waals surface area contributed by atoms with E-state index in [1.54, 1.807) is 0 Å². The first-order chi connectivity index (χ1) is 13.8. The van der Waals surface area contributed by atoms with Crippen LogP contribution in [0.2, 0.25) is 0 Å². The summed E-state index contributed by atoms with van der Waals surface area (Å²) in [6.45, 7) is 4.01. The molecule has 8 heteroatoms. The van der Waals surface area contributed by atoms with Crippen molar-refractivity contribution in [2.45, 2.75) is 12.7 Å². The van der Waals surface area contributed by atoms with Gasteiger partial charge in [0.1, 0.15) is 5.75 Å². The summed E-state index contributed by atoms with van der Waals surface area (Å²) in [4.78, 5) is 16.6. The van der Waals surface area contributed by atoms with Gasteiger partial charge in [0, 0.05) is 38.4 Å². The van der Waals surface area contributed by atoms with E-state index in [2.05, 4.69) is 22.2 Å². The van der Waals surface area contributed by atoms with E-state index in [1.807, 2.05) is 24.3 Å². The molecule has 0 atom stereocenters. The van der Waals surface area contributed by atoms with Gasteiger partial charge in [-0.1, -0.05) is 18.2 Å². The first kappa shape index (κ1) is 21.0. The number of benzene rings is 2. The van der Waals surface area contributed by atoms with Gasteiger partial charge in [-0.15, -0.1) is 0 Å². The molecule has 1 N–H and O–H groups in total. The first-order valence-corrected chi connectivity index (χ1v) is 9.40. The third-order valence-corrected chi connectivity index (χ3v) is 4.83. The van der Waals surface area contributed by atoms with Gasteiger partial charge in [-0.05, 0) is 42.9 Å². The smallest absolute Gasteiger partial charge is 0.416 e. The van der Waals surface area contributed by atoms with E-state index in [-0.39, 0.29) is 12.4 Å². The van der Waals surface area contributed by atoms with Crippen LogP contribution in [0.1, 0.15) is 11.1 Å². The molecule has 1 aliphatic rings. The second-order valence-electron chi connectivity index (χ2n) is 7.05. The van der Waals surface area contributed by atoms with E-state index in [0.717, 1.165) is 49.6 Å². The number of alkyl halides is 3. The average molecular weight is 407 g/mol. The van der Waals surface area contributed by atoms with Gasteiger partial charge in [0.05, 0.1) is 5.56 Å². The lowest BCUT2D eigenvalue weighted by molar-refractivity contribution is -0.137. The van der Waals surface area contributed by atoms with E-state index in [9.17, 15) is 18.0 Å². The Hall–Kier alpha value is -2.74. The van der Waals surface area contributed by atoms with Crippen molar-refractivity contribution < 1.29 is 22.7 Å². The molecule has 2 aromatic rings. The topological polar surface area (TPSA) is 44.8 Å². The largest absolute Gasteiger partial charge is 0.484 e. The molecular weight excluding hydrogens is 383 g/mol. The molecule has 1 heterocycles. The number of anilines is 1. The minimum Gasteiger partial charge on any atom is -0.484 e. The number of hydrogen-bond donors (Lipinski definition) is 1. The molecule has 0 radical (unpaired) electrons. The van der Waals surface area contributed by atoms with Crippen molar-refractivity contribution in [2.24, 2.45) is 0 Å². The second-order valence-corrected chi connectivity index (χ2v) is 7.05. The van der Waals surface area contributed by atoms with Crippen molar-refractivity contribution in [3.63, 3.8) is 0 Å². The number of carbonyl (C=O) groups is 1. The molecule has 0 aromatic heterocycles. The predicted octanol–water partition coefficient (Wildman–Crippen LogP) is 3.15. The molecule has 1 aliphatic heterocycles. The highest BCUT2D eigenvalue weighted by Crippen LogP contribution is 2.31. The summed E-state index contributed by atoms with van der Waals surface area (Å²) in [6, 6.07) is 12.5. The third-order valence-electron chi connectivity index (χ3n) is 4.83. The third kappa shape index (κ3) is 6.12. The van der Waals surface area contributed by atoms with E-state index < -0.39 is 17.6 Å². The number of likely N-dealkylation sites (N-methyl/N-ethyl adjacent to an activating group) is 1. The van der Waals surface area contributed by atoms with Crippen LogP contribution in [-0.2, 0) is 17.5 Å². The molecule has 156 valence electrons. The van der Waals surface area contributed by atoms with Crippen LogP contribution in [-0.4, -0.2) is 50.6 Å². The molecule has 2 aromatic carbocycles. The summed E-state index contributed by atoms with van der Waals surface area (Å²) in [5.74, 6) is -0.392. The fraction of sp³-hybridized carbons (Fsp3) is 0.381. The van der Waals surface area contributed by atoms with Gasteiger partial charge >= 0.3 is 6.18 Å². The van der Waals surface area contributed by atoms with Gasteiger partial charge in [-0.25, -0.2) is 0 Å². The summed E-state index contributed by atoms with van der Waals surface area (Å²) in [6.07, 6.45) is -4.45. The van der Waals surface area contributed by atoms with Crippen LogP contribution in [0.3, 0.4) is 0 Å². The van der Waals surface area contributed by atoms with E-state index in [4.69, 9.17) is 4.74 Å². The summed E-state index contributed by atoms with van der Waals surface area (Å²) in [5.41, 5.74) is 1.28. The zero-order valence-electron chi connectivity index (χ0n) is 16.2. The van der Waals surface area contributed by atoms with Gasteiger partial charge in [-0.3, -0.25) is 4.79 Å². The van der Waals surface area contributed by atoms with Crippen molar-refractivity contribution >= 4 is 11.6 Å². The van der Waals surface area contributed by atoms with Crippen LogP contribution < -0.4 is 15.0 Å². The number of nitrogens with zero attached hydrogens (tertiary/aromatic N) is 2. The van der Waals surface area contributed by atoms with Crippen molar-refractivity contribution in [2.75, 3.05) is 44.7 Å². The standard InChI is InChI=1S/C21H24F3N3O2/c1-26-9-11-27(12-10-26)18-7-5-16(6-8-18)14-25-20(28)15-29-19-4-2-3-17(13-19)21(22,23)24/h2-8,13H,9-12,14-15H2,1H3,(H,25,28). The number of rotatable bonds is 6. The van der Waals surface area contributed by atoms with Crippen molar-refractivity contribution in [3.05, 3.63) is 59.7 Å². The normalized spacial score (nSPS) is 15.2. The highest BCUT2D eigenvalue weighted by Gasteiger charge is 2.30. The lowest BCUT2D eigenvalue weighted by Gasteiger charge is -2.34. The molecule has 1 saturated heterocycles. The lowest BCUT2D eigenvalue weighted by atomic mass is 10.2. The maximum atomic E-state index is 12.7. The maximum absolute atomic E-state index is 12.7. The number of hydrogen-bond acceptors (Lipinski definition) is 4. The number of halogens is 3. The fourth-order valence-corrected chi connectivity index (χ4v) is 3.05. The van der Waals surface area contributed by atoms with Gasteiger partial charge in [-0.2, -0.15) is 13.2 Å². The second kappa shape index (κ2) is 9.17. The quantitative estimate of drug-likeness (QED) is 0.799. The Labute approximate surface area is 168 Å². The molecule has 29 heavy (non-hydrogen) atoms. The fourth-order valence-electron chi connectivity index (χ4n) is 3.05. The molecule has 1 amide bonds.